The van der Waals surface area contributed by atoms with Gasteiger partial charge >= 0.3 is 0 Å². The van der Waals surface area contributed by atoms with Crippen molar-refractivity contribution in [1.29, 1.82) is 0 Å². The van der Waals surface area contributed by atoms with Gasteiger partial charge in [-0.25, -0.2) is 0 Å². The fourth-order valence-corrected chi connectivity index (χ4v) is 3.06. The summed E-state index contributed by atoms with van der Waals surface area (Å²) in [6.07, 6.45) is 0. The van der Waals surface area contributed by atoms with Crippen molar-refractivity contribution in [3.8, 4) is 11.5 Å². The number of hydrogen-bond acceptors (Lipinski definition) is 2. The molecule has 2 aromatic rings. The van der Waals surface area contributed by atoms with E-state index in [0.717, 1.165) is 0 Å². The molecule has 20 heavy (non-hydrogen) atoms. The van der Waals surface area contributed by atoms with E-state index in [4.69, 9.17) is 79.4 Å². The van der Waals surface area contributed by atoms with Crippen molar-refractivity contribution < 1.29 is 9.78 Å². The Kier molecular flexibility index (Phi) is 5.41. The van der Waals surface area contributed by atoms with Crippen LogP contribution in [0, 0.1) is 0 Å². The van der Waals surface area contributed by atoms with E-state index in [0.29, 0.717) is 10.0 Å². The molecule has 0 aliphatic rings. The second kappa shape index (κ2) is 6.69. The zero-order valence-electron chi connectivity index (χ0n) is 9.39. The molecule has 0 saturated heterocycles. The van der Waals surface area contributed by atoms with E-state index >= 15 is 0 Å². The van der Waals surface area contributed by atoms with Crippen LogP contribution in [0.15, 0.2) is 24.3 Å². The van der Waals surface area contributed by atoms with Gasteiger partial charge in [-0.3, -0.25) is 9.78 Å². The molecule has 2 nitrogen and oxygen atoms in total. The molecule has 106 valence electrons. The molecule has 0 spiro atoms. The first-order valence-corrected chi connectivity index (χ1v) is 7.29. The molecule has 2 aromatic carbocycles. The van der Waals surface area contributed by atoms with Crippen molar-refractivity contribution in [3.05, 3.63) is 54.4 Å². The van der Waals surface area contributed by atoms with E-state index in [1.165, 1.54) is 24.3 Å². The zero-order chi connectivity index (χ0) is 14.9. The number of benzene rings is 2. The Morgan fingerprint density at radius 1 is 0.500 bits per heavy atom. The van der Waals surface area contributed by atoms with Crippen LogP contribution < -0.4 is 9.78 Å². The normalized spacial score (nSPS) is 10.5. The van der Waals surface area contributed by atoms with Gasteiger partial charge in [0.2, 0.25) is 11.5 Å². The molecule has 0 N–H and O–H groups in total. The zero-order valence-corrected chi connectivity index (χ0v) is 13.9. The van der Waals surface area contributed by atoms with Crippen molar-refractivity contribution in [2.75, 3.05) is 0 Å². The smallest absolute Gasteiger partial charge is 0.215 e. The minimum Gasteiger partial charge on any atom is -0.287 e. The predicted molar refractivity (Wildman–Crippen MR) is 84.2 cm³/mol. The first-order valence-electron chi connectivity index (χ1n) is 5.02. The summed E-state index contributed by atoms with van der Waals surface area (Å²) in [5, 5.41) is 1.48. The van der Waals surface area contributed by atoms with Gasteiger partial charge in [0.1, 0.15) is 0 Å². The highest BCUT2D eigenvalue weighted by atomic mass is 35.5. The van der Waals surface area contributed by atoms with Gasteiger partial charge in [-0.1, -0.05) is 69.6 Å². The second-order valence-corrected chi connectivity index (χ2v) is 6.07. The molecule has 0 fully saturated rings. The minimum absolute atomic E-state index is 0.0971. The molecule has 0 atom stereocenters. The lowest BCUT2D eigenvalue weighted by atomic mass is 10.3. The first kappa shape index (κ1) is 16.2. The van der Waals surface area contributed by atoms with Gasteiger partial charge in [-0.05, 0) is 24.3 Å². The molecular formula is C12H4Cl6O2. The second-order valence-electron chi connectivity index (χ2n) is 3.56. The first-order chi connectivity index (χ1) is 9.38. The third-order valence-corrected chi connectivity index (χ3v) is 3.69. The van der Waals surface area contributed by atoms with E-state index < -0.39 is 0 Å². The Morgan fingerprint density at radius 3 is 1.00 bits per heavy atom. The average molecular weight is 393 g/mol. The van der Waals surface area contributed by atoms with E-state index in [1.807, 2.05) is 0 Å². The molecule has 0 bridgehead atoms. The van der Waals surface area contributed by atoms with Crippen LogP contribution in [0.2, 0.25) is 30.1 Å². The Balaban J connectivity index is 2.26. The maximum Gasteiger partial charge on any atom is 0.215 e. The molecule has 0 aliphatic carbocycles. The fraction of sp³-hybridized carbons (Fsp3) is 0. The lowest BCUT2D eigenvalue weighted by molar-refractivity contribution is -0.0995. The molecular weight excluding hydrogens is 389 g/mol. The summed E-state index contributed by atoms with van der Waals surface area (Å²) in [4.78, 5) is 10.2. The standard InChI is InChI=1S/C12H4Cl6O2/c13-5-1-7(15)11(8(16)2-5)19-20-12-9(17)3-6(14)4-10(12)18/h1-4H. The van der Waals surface area contributed by atoms with Gasteiger partial charge in [0, 0.05) is 10.0 Å². The fourth-order valence-electron chi connectivity index (χ4n) is 1.30. The van der Waals surface area contributed by atoms with Crippen LogP contribution in [-0.2, 0) is 0 Å². The van der Waals surface area contributed by atoms with Crippen molar-refractivity contribution in [2.24, 2.45) is 0 Å². The summed E-state index contributed by atoms with van der Waals surface area (Å²) in [6, 6.07) is 5.83. The van der Waals surface area contributed by atoms with Crippen molar-refractivity contribution in [3.63, 3.8) is 0 Å². The molecule has 0 amide bonds. The monoisotopic (exact) mass is 390 g/mol. The van der Waals surface area contributed by atoms with Gasteiger partial charge in [-0.2, -0.15) is 0 Å². The van der Waals surface area contributed by atoms with Crippen LogP contribution in [-0.4, -0.2) is 0 Å². The maximum absolute atomic E-state index is 5.94. The molecule has 0 saturated carbocycles. The van der Waals surface area contributed by atoms with Gasteiger partial charge < -0.3 is 0 Å². The van der Waals surface area contributed by atoms with Gasteiger partial charge in [-0.15, -0.1) is 0 Å². The Morgan fingerprint density at radius 2 is 0.750 bits per heavy atom. The molecule has 0 heterocycles. The molecule has 0 radical (unpaired) electrons. The quantitative estimate of drug-likeness (QED) is 0.414. The van der Waals surface area contributed by atoms with Crippen LogP contribution in [0.1, 0.15) is 0 Å². The topological polar surface area (TPSA) is 18.5 Å². The summed E-state index contributed by atoms with van der Waals surface area (Å²) in [7, 11) is 0. The third kappa shape index (κ3) is 3.70. The number of halogens is 6. The molecule has 8 heteroatoms. The summed E-state index contributed by atoms with van der Waals surface area (Å²) >= 11 is 35.3. The lowest BCUT2D eigenvalue weighted by Crippen LogP contribution is -2.02. The third-order valence-electron chi connectivity index (χ3n) is 2.13. The molecule has 2 rings (SSSR count). The Bertz CT molecular complexity index is 555. The number of rotatable bonds is 3. The van der Waals surface area contributed by atoms with Crippen LogP contribution in [0.4, 0.5) is 0 Å². The van der Waals surface area contributed by atoms with Crippen molar-refractivity contribution >= 4 is 69.6 Å². The highest BCUT2D eigenvalue weighted by molar-refractivity contribution is 6.41. The van der Waals surface area contributed by atoms with E-state index in [-0.39, 0.29) is 31.6 Å². The van der Waals surface area contributed by atoms with Crippen molar-refractivity contribution in [2.45, 2.75) is 0 Å². The lowest BCUT2D eigenvalue weighted by Gasteiger charge is -2.11. The summed E-state index contributed by atoms with van der Waals surface area (Å²) in [5.41, 5.74) is 0. The van der Waals surface area contributed by atoms with E-state index in [9.17, 15) is 0 Å². The Labute approximate surface area is 144 Å². The van der Waals surface area contributed by atoms with E-state index in [2.05, 4.69) is 0 Å². The van der Waals surface area contributed by atoms with Crippen molar-refractivity contribution in [1.82, 2.24) is 0 Å². The Hall–Kier alpha value is -0.220. The number of hydrogen-bond donors (Lipinski definition) is 0. The minimum atomic E-state index is 0.0971. The van der Waals surface area contributed by atoms with Gasteiger partial charge in [0.25, 0.3) is 0 Å². The van der Waals surface area contributed by atoms with E-state index in [1.54, 1.807) is 0 Å². The average Bonchev–Trinajstić information content (AvgIpc) is 2.30. The van der Waals surface area contributed by atoms with Crippen LogP contribution in [0.25, 0.3) is 0 Å². The predicted octanol–water partition coefficient (Wildman–Crippen LogP) is 6.98. The van der Waals surface area contributed by atoms with Gasteiger partial charge in [0.05, 0.1) is 20.1 Å². The summed E-state index contributed by atoms with van der Waals surface area (Å²) < 4.78 is 0. The highest BCUT2D eigenvalue weighted by Gasteiger charge is 2.15. The molecule has 0 aromatic heterocycles. The summed E-state index contributed by atoms with van der Waals surface area (Å²) in [6.45, 7) is 0. The van der Waals surface area contributed by atoms with Crippen LogP contribution >= 0.6 is 69.6 Å². The summed E-state index contributed by atoms with van der Waals surface area (Å²) in [5.74, 6) is 0.194. The largest absolute Gasteiger partial charge is 0.287 e. The van der Waals surface area contributed by atoms with Crippen LogP contribution in [0.3, 0.4) is 0 Å². The molecule has 0 aliphatic heterocycles. The molecule has 0 unspecified atom stereocenters. The van der Waals surface area contributed by atoms with Gasteiger partial charge in [0.15, 0.2) is 0 Å². The highest BCUT2D eigenvalue weighted by Crippen LogP contribution is 2.39. The maximum atomic E-state index is 5.94. The SMILES string of the molecule is Clc1cc(Cl)c(OOc2c(Cl)cc(Cl)cc2Cl)c(Cl)c1. The van der Waals surface area contributed by atoms with Crippen LogP contribution in [0.5, 0.6) is 11.5 Å².